The van der Waals surface area contributed by atoms with E-state index >= 15 is 0 Å². The Labute approximate surface area is 173 Å². The number of hydrogen-bond acceptors (Lipinski definition) is 3. The Kier molecular flexibility index (Phi) is 7.35. The molecule has 1 unspecified atom stereocenters. The molecule has 2 amide bonds. The van der Waals surface area contributed by atoms with Crippen LogP contribution >= 0.6 is 0 Å². The van der Waals surface area contributed by atoms with Crippen molar-refractivity contribution in [1.29, 1.82) is 0 Å². The SMILES string of the molecule is Cc1cc(C)c(NC(=O)CS(=O)CC(=O)Nc2cc(C(F)(F)F)ccc2F)c(C)c1. The van der Waals surface area contributed by atoms with Crippen LogP contribution in [0, 0.1) is 26.6 Å². The Hall–Kier alpha value is -2.75. The summed E-state index contributed by atoms with van der Waals surface area (Å²) in [5, 5.41) is 4.61. The first-order valence-electron chi connectivity index (χ1n) is 8.76. The van der Waals surface area contributed by atoms with Crippen LogP contribution < -0.4 is 10.6 Å². The average molecular weight is 444 g/mol. The van der Waals surface area contributed by atoms with Crippen LogP contribution in [0.15, 0.2) is 30.3 Å². The van der Waals surface area contributed by atoms with E-state index in [2.05, 4.69) is 5.32 Å². The summed E-state index contributed by atoms with van der Waals surface area (Å²) in [5.41, 5.74) is 1.43. The molecule has 0 aliphatic heterocycles. The second-order valence-electron chi connectivity index (χ2n) is 6.79. The molecular weight excluding hydrogens is 424 g/mol. The summed E-state index contributed by atoms with van der Waals surface area (Å²) < 4.78 is 63.9. The molecule has 2 N–H and O–H groups in total. The number of alkyl halides is 3. The molecule has 0 spiro atoms. The molecule has 0 bridgehead atoms. The van der Waals surface area contributed by atoms with Crippen LogP contribution in [0.4, 0.5) is 28.9 Å². The Bertz CT molecular complexity index is 983. The summed E-state index contributed by atoms with van der Waals surface area (Å²) in [7, 11) is -1.94. The van der Waals surface area contributed by atoms with Crippen LogP contribution in [0.1, 0.15) is 22.3 Å². The van der Waals surface area contributed by atoms with Crippen molar-refractivity contribution in [3.63, 3.8) is 0 Å². The van der Waals surface area contributed by atoms with Gasteiger partial charge in [0, 0.05) is 16.5 Å². The lowest BCUT2D eigenvalue weighted by Gasteiger charge is -2.13. The topological polar surface area (TPSA) is 75.3 Å². The summed E-state index contributed by atoms with van der Waals surface area (Å²) >= 11 is 0. The minimum absolute atomic E-state index is 0.450. The van der Waals surface area contributed by atoms with Crippen molar-refractivity contribution >= 4 is 34.0 Å². The van der Waals surface area contributed by atoms with Crippen molar-refractivity contribution in [2.75, 3.05) is 22.1 Å². The normalized spacial score (nSPS) is 12.4. The van der Waals surface area contributed by atoms with Gasteiger partial charge in [0.2, 0.25) is 11.8 Å². The number of carbonyl (C=O) groups is 2. The molecule has 0 aliphatic rings. The van der Waals surface area contributed by atoms with E-state index in [9.17, 15) is 31.4 Å². The number of halogens is 4. The number of anilines is 2. The molecular formula is C20H20F4N2O3S. The van der Waals surface area contributed by atoms with Gasteiger partial charge < -0.3 is 10.6 Å². The Morgan fingerprint density at radius 3 is 2.00 bits per heavy atom. The van der Waals surface area contributed by atoms with Gasteiger partial charge in [-0.1, -0.05) is 17.7 Å². The van der Waals surface area contributed by atoms with Gasteiger partial charge in [-0.15, -0.1) is 0 Å². The molecule has 10 heteroatoms. The number of aryl methyl sites for hydroxylation is 3. The summed E-state index contributed by atoms with van der Waals surface area (Å²) in [6.45, 7) is 5.53. The van der Waals surface area contributed by atoms with Gasteiger partial charge in [-0.25, -0.2) is 4.39 Å². The van der Waals surface area contributed by atoms with E-state index in [1.165, 1.54) is 0 Å². The minimum Gasteiger partial charge on any atom is -0.325 e. The van der Waals surface area contributed by atoms with E-state index in [0.29, 0.717) is 23.9 Å². The predicted molar refractivity (Wildman–Crippen MR) is 107 cm³/mol. The second kappa shape index (κ2) is 9.38. The smallest absolute Gasteiger partial charge is 0.325 e. The van der Waals surface area contributed by atoms with E-state index in [0.717, 1.165) is 16.7 Å². The van der Waals surface area contributed by atoms with Crippen LogP contribution in [-0.2, 0) is 26.6 Å². The van der Waals surface area contributed by atoms with Gasteiger partial charge in [-0.3, -0.25) is 13.8 Å². The highest BCUT2D eigenvalue weighted by Crippen LogP contribution is 2.31. The van der Waals surface area contributed by atoms with E-state index in [-0.39, 0.29) is 0 Å². The third-order valence-corrected chi connectivity index (χ3v) is 5.26. The first kappa shape index (κ1) is 23.5. The molecule has 2 aromatic rings. The maximum atomic E-state index is 13.7. The lowest BCUT2D eigenvalue weighted by Crippen LogP contribution is -2.27. The van der Waals surface area contributed by atoms with E-state index in [1.54, 1.807) is 0 Å². The zero-order valence-electron chi connectivity index (χ0n) is 16.4. The van der Waals surface area contributed by atoms with Crippen molar-refractivity contribution in [2.45, 2.75) is 26.9 Å². The lowest BCUT2D eigenvalue weighted by atomic mass is 10.1. The third kappa shape index (κ3) is 6.38. The number of benzene rings is 2. The maximum absolute atomic E-state index is 13.7. The van der Waals surface area contributed by atoms with Gasteiger partial charge in [0.05, 0.1) is 11.3 Å². The van der Waals surface area contributed by atoms with Gasteiger partial charge in [0.25, 0.3) is 0 Å². The Balaban J connectivity index is 1.97. The minimum atomic E-state index is -4.71. The standard InChI is InChI=1S/C20H20F4N2O3S/c1-11-6-12(2)19(13(3)7-11)26-18(28)10-30(29)9-17(27)25-16-8-14(20(22,23)24)4-5-15(16)21/h4-8H,9-10H2,1-3H3,(H,25,27)(H,26,28). The molecule has 0 fully saturated rings. The molecule has 162 valence electrons. The van der Waals surface area contributed by atoms with Crippen LogP contribution in [0.3, 0.4) is 0 Å². The monoisotopic (exact) mass is 444 g/mol. The zero-order valence-corrected chi connectivity index (χ0v) is 17.3. The summed E-state index contributed by atoms with van der Waals surface area (Å²) in [4.78, 5) is 24.1. The molecule has 0 saturated heterocycles. The number of nitrogens with one attached hydrogen (secondary N) is 2. The van der Waals surface area contributed by atoms with Crippen molar-refractivity contribution in [2.24, 2.45) is 0 Å². The molecule has 0 saturated carbocycles. The fourth-order valence-electron chi connectivity index (χ4n) is 2.88. The van der Waals surface area contributed by atoms with Crippen LogP contribution in [0.25, 0.3) is 0 Å². The van der Waals surface area contributed by atoms with E-state index in [1.807, 2.05) is 38.2 Å². The van der Waals surface area contributed by atoms with Crippen LogP contribution in [-0.4, -0.2) is 27.5 Å². The van der Waals surface area contributed by atoms with Crippen LogP contribution in [0.2, 0.25) is 0 Å². The summed E-state index contributed by atoms with van der Waals surface area (Å²) in [5.74, 6) is -3.78. The van der Waals surface area contributed by atoms with Gasteiger partial charge in [0.1, 0.15) is 17.3 Å². The molecule has 0 radical (unpaired) electrons. The quantitative estimate of drug-likeness (QED) is 0.659. The van der Waals surface area contributed by atoms with Gasteiger partial charge in [0.15, 0.2) is 0 Å². The van der Waals surface area contributed by atoms with Crippen molar-refractivity contribution in [1.82, 2.24) is 0 Å². The van der Waals surface area contributed by atoms with E-state index < -0.39 is 57.4 Å². The van der Waals surface area contributed by atoms with Gasteiger partial charge in [-0.2, -0.15) is 13.2 Å². The molecule has 0 heterocycles. The number of rotatable bonds is 6. The second-order valence-corrected chi connectivity index (χ2v) is 8.25. The maximum Gasteiger partial charge on any atom is 0.416 e. The molecule has 1 atom stereocenters. The van der Waals surface area contributed by atoms with E-state index in [4.69, 9.17) is 0 Å². The fourth-order valence-corrected chi connectivity index (χ4v) is 3.71. The van der Waals surface area contributed by atoms with Gasteiger partial charge in [-0.05, 0) is 50.1 Å². The average Bonchev–Trinajstić information content (AvgIpc) is 2.58. The molecule has 0 aliphatic carbocycles. The highest BCUT2D eigenvalue weighted by molar-refractivity contribution is 7.86. The van der Waals surface area contributed by atoms with Gasteiger partial charge >= 0.3 is 6.18 Å². The van der Waals surface area contributed by atoms with Crippen molar-refractivity contribution in [3.05, 3.63) is 58.4 Å². The first-order chi connectivity index (χ1) is 13.9. The first-order valence-corrected chi connectivity index (χ1v) is 10.2. The Morgan fingerprint density at radius 2 is 1.47 bits per heavy atom. The Morgan fingerprint density at radius 1 is 0.933 bits per heavy atom. The van der Waals surface area contributed by atoms with Crippen LogP contribution in [0.5, 0.6) is 0 Å². The third-order valence-electron chi connectivity index (χ3n) is 4.09. The summed E-state index contributed by atoms with van der Waals surface area (Å²) in [6, 6.07) is 5.32. The largest absolute Gasteiger partial charge is 0.416 e. The number of carbonyl (C=O) groups excluding carboxylic acids is 2. The lowest BCUT2D eigenvalue weighted by molar-refractivity contribution is -0.137. The predicted octanol–water partition coefficient (Wildman–Crippen LogP) is 4.10. The molecule has 2 rings (SSSR count). The molecule has 0 aromatic heterocycles. The molecule has 2 aromatic carbocycles. The highest BCUT2D eigenvalue weighted by Gasteiger charge is 2.31. The molecule has 5 nitrogen and oxygen atoms in total. The fraction of sp³-hybridized carbons (Fsp3) is 0.300. The zero-order chi connectivity index (χ0) is 22.6. The summed E-state index contributed by atoms with van der Waals surface area (Å²) in [6.07, 6.45) is -4.71. The van der Waals surface area contributed by atoms with Crippen molar-refractivity contribution < 1.29 is 31.4 Å². The van der Waals surface area contributed by atoms with Crippen molar-refractivity contribution in [3.8, 4) is 0 Å². The number of amides is 2. The number of hydrogen-bond donors (Lipinski definition) is 2. The highest BCUT2D eigenvalue weighted by atomic mass is 32.2. The molecule has 30 heavy (non-hydrogen) atoms.